The molecule has 2 aromatic rings. The topological polar surface area (TPSA) is 79.3 Å². The van der Waals surface area contributed by atoms with Gasteiger partial charge in [0.1, 0.15) is 17.3 Å². The van der Waals surface area contributed by atoms with Crippen LogP contribution in [0.3, 0.4) is 0 Å². The highest BCUT2D eigenvalue weighted by Crippen LogP contribution is 2.41. The minimum absolute atomic E-state index is 0.0561. The molecule has 7 nitrogen and oxygen atoms in total. The van der Waals surface area contributed by atoms with Gasteiger partial charge in [0.05, 0.1) is 31.4 Å². The standard InChI is InChI=1S/C26H32N2O5/c1-5-27(6-2)15-10-16-28-23(18-11-9-12-19(17-18)32-3)22(25(30)26(28)31)24(29)20-13-7-8-14-21(20)33-4/h7-9,11-14,17,23,29H,5-6,10,15-16H2,1-4H3/b24-22+. The van der Waals surface area contributed by atoms with Crippen LogP contribution in [0.25, 0.3) is 5.76 Å². The number of ether oxygens (including phenoxy) is 2. The smallest absolute Gasteiger partial charge is 0.295 e. The number of hydrogen-bond acceptors (Lipinski definition) is 6. The van der Waals surface area contributed by atoms with Gasteiger partial charge in [-0.2, -0.15) is 0 Å². The van der Waals surface area contributed by atoms with Crippen molar-refractivity contribution in [2.45, 2.75) is 26.3 Å². The lowest BCUT2D eigenvalue weighted by molar-refractivity contribution is -0.140. The summed E-state index contributed by atoms with van der Waals surface area (Å²) in [4.78, 5) is 30.1. The van der Waals surface area contributed by atoms with Crippen LogP contribution in [0.5, 0.6) is 11.5 Å². The summed E-state index contributed by atoms with van der Waals surface area (Å²) >= 11 is 0. The zero-order valence-corrected chi connectivity index (χ0v) is 19.7. The fourth-order valence-electron chi connectivity index (χ4n) is 4.26. The number of para-hydroxylation sites is 1. The molecule has 7 heteroatoms. The number of hydrogen-bond donors (Lipinski definition) is 1. The molecule has 0 aliphatic carbocycles. The van der Waals surface area contributed by atoms with E-state index in [9.17, 15) is 14.7 Å². The number of rotatable bonds is 10. The summed E-state index contributed by atoms with van der Waals surface area (Å²) in [7, 11) is 3.06. The van der Waals surface area contributed by atoms with Crippen molar-refractivity contribution in [1.29, 1.82) is 0 Å². The van der Waals surface area contributed by atoms with Gasteiger partial charge in [-0.3, -0.25) is 9.59 Å². The Morgan fingerprint density at radius 2 is 1.76 bits per heavy atom. The summed E-state index contributed by atoms with van der Waals surface area (Å²) in [5.41, 5.74) is 1.13. The van der Waals surface area contributed by atoms with E-state index < -0.39 is 17.7 Å². The molecular formula is C26H32N2O5. The Morgan fingerprint density at radius 3 is 2.42 bits per heavy atom. The average Bonchev–Trinajstić information content (AvgIpc) is 3.11. The molecule has 1 fully saturated rings. The summed E-state index contributed by atoms with van der Waals surface area (Å²) in [6, 6.07) is 13.4. The Labute approximate surface area is 195 Å². The molecule has 1 unspecified atom stereocenters. The highest BCUT2D eigenvalue weighted by molar-refractivity contribution is 6.46. The van der Waals surface area contributed by atoms with E-state index >= 15 is 0 Å². The molecule has 3 rings (SSSR count). The van der Waals surface area contributed by atoms with Gasteiger partial charge >= 0.3 is 0 Å². The predicted molar refractivity (Wildman–Crippen MR) is 127 cm³/mol. The van der Waals surface area contributed by atoms with Gasteiger partial charge in [0.25, 0.3) is 11.7 Å². The number of aliphatic hydroxyl groups excluding tert-OH is 1. The Balaban J connectivity index is 2.08. The first-order valence-corrected chi connectivity index (χ1v) is 11.2. The van der Waals surface area contributed by atoms with Gasteiger partial charge in [0.15, 0.2) is 0 Å². The zero-order valence-electron chi connectivity index (χ0n) is 19.7. The number of carbonyl (C=O) groups excluding carboxylic acids is 2. The molecule has 0 bridgehead atoms. The molecule has 1 aliphatic heterocycles. The molecule has 2 aromatic carbocycles. The van der Waals surface area contributed by atoms with E-state index in [2.05, 4.69) is 18.7 Å². The maximum Gasteiger partial charge on any atom is 0.295 e. The van der Waals surface area contributed by atoms with E-state index in [4.69, 9.17) is 9.47 Å². The first kappa shape index (κ1) is 24.3. The number of Topliss-reactive ketones (excluding diaryl/α,β-unsaturated/α-hetero) is 1. The number of aliphatic hydroxyl groups is 1. The largest absolute Gasteiger partial charge is 0.507 e. The number of methoxy groups -OCH3 is 2. The van der Waals surface area contributed by atoms with Crippen molar-refractivity contribution in [3.63, 3.8) is 0 Å². The second-order valence-corrected chi connectivity index (χ2v) is 7.85. The number of amides is 1. The molecule has 1 amide bonds. The molecule has 0 saturated carbocycles. The molecule has 0 aromatic heterocycles. The Morgan fingerprint density at radius 1 is 1.03 bits per heavy atom. The minimum atomic E-state index is -0.721. The summed E-state index contributed by atoms with van der Waals surface area (Å²) in [5, 5.41) is 11.2. The molecule has 1 heterocycles. The second kappa shape index (κ2) is 11.0. The summed E-state index contributed by atoms with van der Waals surface area (Å²) in [6.45, 7) is 7.24. The number of carbonyl (C=O) groups is 2. The lowest BCUT2D eigenvalue weighted by atomic mass is 9.94. The maximum absolute atomic E-state index is 13.2. The van der Waals surface area contributed by atoms with E-state index in [0.29, 0.717) is 35.6 Å². The predicted octanol–water partition coefficient (Wildman–Crippen LogP) is 3.86. The minimum Gasteiger partial charge on any atom is -0.507 e. The molecule has 0 radical (unpaired) electrons. The van der Waals surface area contributed by atoms with Gasteiger partial charge in [-0.15, -0.1) is 0 Å². The van der Waals surface area contributed by atoms with Crippen molar-refractivity contribution in [2.75, 3.05) is 40.4 Å². The SMILES string of the molecule is CCN(CC)CCCN1C(=O)C(=O)/C(=C(/O)c2ccccc2OC)C1c1cccc(OC)c1. The summed E-state index contributed by atoms with van der Waals surface area (Å²) in [5.74, 6) is -0.525. The lowest BCUT2D eigenvalue weighted by Crippen LogP contribution is -2.33. The second-order valence-electron chi connectivity index (χ2n) is 7.85. The van der Waals surface area contributed by atoms with Crippen molar-refractivity contribution in [3.8, 4) is 11.5 Å². The number of ketones is 1. The van der Waals surface area contributed by atoms with E-state index in [1.54, 1.807) is 48.4 Å². The molecule has 0 spiro atoms. The normalized spacial score (nSPS) is 17.6. The highest BCUT2D eigenvalue weighted by Gasteiger charge is 2.46. The Hall–Kier alpha value is -3.32. The van der Waals surface area contributed by atoms with E-state index in [-0.39, 0.29) is 11.3 Å². The van der Waals surface area contributed by atoms with Crippen LogP contribution in [0.2, 0.25) is 0 Å². The van der Waals surface area contributed by atoms with Crippen LogP contribution in [0, 0.1) is 0 Å². The fraction of sp³-hybridized carbons (Fsp3) is 0.385. The molecule has 1 atom stereocenters. The van der Waals surface area contributed by atoms with Crippen LogP contribution in [-0.4, -0.2) is 67.0 Å². The third kappa shape index (κ3) is 5.03. The fourth-order valence-corrected chi connectivity index (χ4v) is 4.26. The quantitative estimate of drug-likeness (QED) is 0.335. The van der Waals surface area contributed by atoms with Crippen molar-refractivity contribution in [2.24, 2.45) is 0 Å². The van der Waals surface area contributed by atoms with Crippen LogP contribution in [-0.2, 0) is 9.59 Å². The molecule has 1 N–H and O–H groups in total. The number of likely N-dealkylation sites (tertiary alicyclic amines) is 1. The molecular weight excluding hydrogens is 420 g/mol. The molecule has 1 saturated heterocycles. The van der Waals surface area contributed by atoms with Crippen LogP contribution in [0.4, 0.5) is 0 Å². The Kier molecular flexibility index (Phi) is 8.11. The van der Waals surface area contributed by atoms with Crippen LogP contribution in [0.15, 0.2) is 54.1 Å². The summed E-state index contributed by atoms with van der Waals surface area (Å²) < 4.78 is 10.7. The van der Waals surface area contributed by atoms with Gasteiger partial charge in [-0.05, 0) is 55.9 Å². The van der Waals surface area contributed by atoms with E-state index in [1.807, 2.05) is 12.1 Å². The van der Waals surface area contributed by atoms with E-state index in [1.165, 1.54) is 7.11 Å². The van der Waals surface area contributed by atoms with Crippen LogP contribution >= 0.6 is 0 Å². The first-order valence-electron chi connectivity index (χ1n) is 11.2. The van der Waals surface area contributed by atoms with Gasteiger partial charge in [0, 0.05) is 6.54 Å². The van der Waals surface area contributed by atoms with Crippen LogP contribution in [0.1, 0.15) is 37.4 Å². The summed E-state index contributed by atoms with van der Waals surface area (Å²) in [6.07, 6.45) is 0.712. The van der Waals surface area contributed by atoms with Gasteiger partial charge in [-0.1, -0.05) is 38.1 Å². The monoisotopic (exact) mass is 452 g/mol. The van der Waals surface area contributed by atoms with Crippen LogP contribution < -0.4 is 9.47 Å². The number of nitrogens with zero attached hydrogens (tertiary/aromatic N) is 2. The van der Waals surface area contributed by atoms with Crippen molar-refractivity contribution >= 4 is 17.4 Å². The molecule has 1 aliphatic rings. The molecule has 176 valence electrons. The lowest BCUT2D eigenvalue weighted by Gasteiger charge is -2.27. The van der Waals surface area contributed by atoms with Gasteiger partial charge in [-0.25, -0.2) is 0 Å². The average molecular weight is 453 g/mol. The van der Waals surface area contributed by atoms with E-state index in [0.717, 1.165) is 19.6 Å². The third-order valence-electron chi connectivity index (χ3n) is 6.08. The third-order valence-corrected chi connectivity index (χ3v) is 6.08. The van der Waals surface area contributed by atoms with Gasteiger partial charge < -0.3 is 24.4 Å². The zero-order chi connectivity index (χ0) is 24.0. The maximum atomic E-state index is 13.2. The van der Waals surface area contributed by atoms with Gasteiger partial charge in [0.2, 0.25) is 0 Å². The Bertz CT molecular complexity index is 1030. The van der Waals surface area contributed by atoms with Crippen molar-refractivity contribution in [3.05, 3.63) is 65.2 Å². The highest BCUT2D eigenvalue weighted by atomic mass is 16.5. The van der Waals surface area contributed by atoms with Crippen molar-refractivity contribution in [1.82, 2.24) is 9.80 Å². The first-order chi connectivity index (χ1) is 16.0. The van der Waals surface area contributed by atoms with Crippen molar-refractivity contribution < 1.29 is 24.2 Å². The number of benzene rings is 2. The molecule has 33 heavy (non-hydrogen) atoms.